The molecule has 0 bridgehead atoms. The molecule has 3 nitrogen and oxygen atoms in total. The summed E-state index contributed by atoms with van der Waals surface area (Å²) in [6.07, 6.45) is 11.6. The lowest BCUT2D eigenvalue weighted by Crippen LogP contribution is -2.11. The third-order valence-corrected chi connectivity index (χ3v) is 3.20. The van der Waals surface area contributed by atoms with Crippen LogP contribution in [0.15, 0.2) is 0 Å². The zero-order valence-corrected chi connectivity index (χ0v) is 13.0. The number of hydrogen-bond acceptors (Lipinski definition) is 3. The van der Waals surface area contributed by atoms with Gasteiger partial charge in [0, 0.05) is 6.42 Å². The second-order valence-corrected chi connectivity index (χ2v) is 5.10. The first kappa shape index (κ1) is 19.4. The molecule has 0 aromatic carbocycles. The van der Waals surface area contributed by atoms with Gasteiger partial charge < -0.3 is 9.47 Å². The van der Waals surface area contributed by atoms with E-state index in [0.717, 1.165) is 12.8 Å². The predicted molar refractivity (Wildman–Crippen MR) is 79.6 cm³/mol. The average molecular weight is 290 g/mol. The number of ether oxygens (including phenoxy) is 2. The van der Waals surface area contributed by atoms with Crippen LogP contribution >= 0.6 is 0 Å². The van der Waals surface area contributed by atoms with Crippen molar-refractivity contribution < 1.29 is 18.7 Å². The number of carbonyl (C=O) groups excluding carboxylic acids is 1. The third kappa shape index (κ3) is 15.4. The summed E-state index contributed by atoms with van der Waals surface area (Å²) in [5, 5.41) is 0. The molecule has 20 heavy (non-hydrogen) atoms. The maximum atomic E-state index is 11.7. The number of alkyl halides is 1. The van der Waals surface area contributed by atoms with Crippen LogP contribution in [0, 0.1) is 0 Å². The zero-order chi connectivity index (χ0) is 14.9. The van der Waals surface area contributed by atoms with Gasteiger partial charge in [-0.05, 0) is 6.42 Å². The van der Waals surface area contributed by atoms with Gasteiger partial charge in [-0.3, -0.25) is 4.79 Å². The lowest BCUT2D eigenvalue weighted by molar-refractivity contribution is -0.145. The molecule has 0 heterocycles. The fourth-order valence-corrected chi connectivity index (χ4v) is 2.02. The van der Waals surface area contributed by atoms with Crippen LogP contribution in [0.25, 0.3) is 0 Å². The van der Waals surface area contributed by atoms with Gasteiger partial charge in [-0.25, -0.2) is 4.39 Å². The van der Waals surface area contributed by atoms with Crippen molar-refractivity contribution in [2.45, 2.75) is 71.1 Å². The fraction of sp³-hybridized carbons (Fsp3) is 0.938. The predicted octanol–water partition coefficient (Wildman–Crippen LogP) is 4.44. The topological polar surface area (TPSA) is 35.5 Å². The molecule has 0 saturated heterocycles. The van der Waals surface area contributed by atoms with Gasteiger partial charge in [0.2, 0.25) is 0 Å². The van der Waals surface area contributed by atoms with E-state index in [4.69, 9.17) is 9.47 Å². The van der Waals surface area contributed by atoms with E-state index >= 15 is 0 Å². The minimum Gasteiger partial charge on any atom is -0.463 e. The molecule has 0 rings (SSSR count). The summed E-state index contributed by atoms with van der Waals surface area (Å²) in [5.41, 5.74) is 0. The van der Waals surface area contributed by atoms with Crippen molar-refractivity contribution in [3.63, 3.8) is 0 Å². The van der Waals surface area contributed by atoms with Crippen molar-refractivity contribution in [1.82, 2.24) is 0 Å². The van der Waals surface area contributed by atoms with Crippen LogP contribution < -0.4 is 0 Å². The number of esters is 1. The van der Waals surface area contributed by atoms with Gasteiger partial charge in [-0.1, -0.05) is 58.3 Å². The highest BCUT2D eigenvalue weighted by Gasteiger charge is 2.02. The van der Waals surface area contributed by atoms with Crippen molar-refractivity contribution in [2.75, 3.05) is 26.5 Å². The Bertz CT molecular complexity index is 210. The summed E-state index contributed by atoms with van der Waals surface area (Å²) < 4.78 is 21.6. The second-order valence-electron chi connectivity index (χ2n) is 5.10. The second kappa shape index (κ2) is 16.4. The van der Waals surface area contributed by atoms with E-state index in [1.165, 1.54) is 44.9 Å². The smallest absolute Gasteiger partial charge is 0.305 e. The number of unbranched alkanes of at least 4 members (excludes halogenated alkanes) is 8. The fourth-order valence-electron chi connectivity index (χ4n) is 2.02. The first-order valence-corrected chi connectivity index (χ1v) is 8.10. The van der Waals surface area contributed by atoms with Gasteiger partial charge in [-0.2, -0.15) is 0 Å². The molecule has 4 heteroatoms. The minimum atomic E-state index is -0.494. The van der Waals surface area contributed by atoms with Crippen LogP contribution in [0.5, 0.6) is 0 Å². The summed E-state index contributed by atoms with van der Waals surface area (Å²) in [6, 6.07) is 0. The summed E-state index contributed by atoms with van der Waals surface area (Å²) >= 11 is 0. The normalized spacial score (nSPS) is 10.7. The van der Waals surface area contributed by atoms with Gasteiger partial charge >= 0.3 is 5.97 Å². The maximum Gasteiger partial charge on any atom is 0.305 e. The van der Waals surface area contributed by atoms with Gasteiger partial charge in [0.1, 0.15) is 13.3 Å². The highest BCUT2D eigenvalue weighted by molar-refractivity contribution is 5.69. The number of halogens is 1. The van der Waals surface area contributed by atoms with E-state index in [9.17, 15) is 9.18 Å². The molecule has 0 fully saturated rings. The summed E-state index contributed by atoms with van der Waals surface area (Å²) in [6.45, 7) is 2.33. The van der Waals surface area contributed by atoms with Gasteiger partial charge in [0.15, 0.2) is 0 Å². The molecule has 0 radical (unpaired) electrons. The van der Waals surface area contributed by atoms with E-state index in [0.29, 0.717) is 6.42 Å². The average Bonchev–Trinajstić information content (AvgIpc) is 2.45. The molecule has 0 amide bonds. The largest absolute Gasteiger partial charge is 0.463 e. The molecular formula is C16H31FO3. The lowest BCUT2D eigenvalue weighted by Gasteiger charge is -2.05. The molecule has 0 aromatic heterocycles. The van der Waals surface area contributed by atoms with Crippen molar-refractivity contribution in [3.05, 3.63) is 0 Å². The number of rotatable bonds is 15. The molecular weight excluding hydrogens is 259 g/mol. The Morgan fingerprint density at radius 3 is 2.05 bits per heavy atom. The van der Waals surface area contributed by atoms with E-state index in [2.05, 4.69) is 6.92 Å². The van der Waals surface area contributed by atoms with Gasteiger partial charge in [-0.15, -0.1) is 0 Å². The van der Waals surface area contributed by atoms with E-state index in [1.807, 2.05) is 0 Å². The van der Waals surface area contributed by atoms with Crippen LogP contribution in [-0.2, 0) is 14.3 Å². The zero-order valence-electron chi connectivity index (χ0n) is 13.0. The number of hydrogen-bond donors (Lipinski definition) is 0. The molecule has 120 valence electrons. The summed E-state index contributed by atoms with van der Waals surface area (Å²) in [7, 11) is 0. The Morgan fingerprint density at radius 1 is 0.850 bits per heavy atom. The van der Waals surface area contributed by atoms with Gasteiger partial charge in [0.25, 0.3) is 0 Å². The van der Waals surface area contributed by atoms with E-state index < -0.39 is 6.67 Å². The molecule has 0 aromatic rings. The molecule has 0 unspecified atom stereocenters. The van der Waals surface area contributed by atoms with Crippen LogP contribution in [0.4, 0.5) is 4.39 Å². The van der Waals surface area contributed by atoms with Crippen LogP contribution in [-0.4, -0.2) is 32.5 Å². The highest BCUT2D eigenvalue weighted by atomic mass is 19.1. The third-order valence-electron chi connectivity index (χ3n) is 3.20. The SMILES string of the molecule is CCCCCCCCCCCC(=O)OCCOCCF. The molecule has 0 N–H and O–H groups in total. The van der Waals surface area contributed by atoms with Gasteiger partial charge in [0.05, 0.1) is 13.2 Å². The Hall–Kier alpha value is -0.640. The monoisotopic (exact) mass is 290 g/mol. The van der Waals surface area contributed by atoms with Crippen molar-refractivity contribution in [2.24, 2.45) is 0 Å². The van der Waals surface area contributed by atoms with Crippen molar-refractivity contribution >= 4 is 5.97 Å². The standard InChI is InChI=1S/C16H31FO3/c1-2-3-4-5-6-7-8-9-10-11-16(18)20-15-14-19-13-12-17/h2-15H2,1H3. The van der Waals surface area contributed by atoms with Crippen LogP contribution in [0.1, 0.15) is 71.1 Å². The molecule has 0 spiro atoms. The number of carbonyl (C=O) groups is 1. The Kier molecular flexibility index (Phi) is 15.9. The lowest BCUT2D eigenvalue weighted by atomic mass is 10.1. The van der Waals surface area contributed by atoms with Crippen molar-refractivity contribution in [1.29, 1.82) is 0 Å². The van der Waals surface area contributed by atoms with E-state index in [-0.39, 0.29) is 25.8 Å². The first-order chi connectivity index (χ1) is 9.81. The molecule has 0 aliphatic rings. The van der Waals surface area contributed by atoms with Crippen LogP contribution in [0.2, 0.25) is 0 Å². The summed E-state index contributed by atoms with van der Waals surface area (Å²) in [4.78, 5) is 11.3. The Balaban J connectivity index is 3.11. The molecule has 0 saturated carbocycles. The molecule has 0 atom stereocenters. The minimum absolute atomic E-state index is 0.0792. The first-order valence-electron chi connectivity index (χ1n) is 8.10. The highest BCUT2D eigenvalue weighted by Crippen LogP contribution is 2.10. The quantitative estimate of drug-likeness (QED) is 0.330. The summed E-state index contributed by atoms with van der Waals surface area (Å²) in [5.74, 6) is -0.170. The Morgan fingerprint density at radius 2 is 1.45 bits per heavy atom. The molecule has 0 aliphatic heterocycles. The van der Waals surface area contributed by atoms with Crippen LogP contribution in [0.3, 0.4) is 0 Å². The molecule has 0 aliphatic carbocycles. The Labute approximate surface area is 123 Å². The van der Waals surface area contributed by atoms with E-state index in [1.54, 1.807) is 0 Å². The maximum absolute atomic E-state index is 11.7. The van der Waals surface area contributed by atoms with Crippen molar-refractivity contribution in [3.8, 4) is 0 Å².